The fourth-order valence-electron chi connectivity index (χ4n) is 1.48. The minimum Gasteiger partial charge on any atom is -0.479 e. The Labute approximate surface area is 96.8 Å². The third-order valence-corrected chi connectivity index (χ3v) is 2.49. The summed E-state index contributed by atoms with van der Waals surface area (Å²) in [5.74, 6) is -0.356. The second-order valence-corrected chi connectivity index (χ2v) is 3.75. The SMILES string of the molecule is O=C(O)[C@H]1CN(c2ccc(Cl)nn2)CCO1. The van der Waals surface area contributed by atoms with Gasteiger partial charge in [0.2, 0.25) is 0 Å². The van der Waals surface area contributed by atoms with Gasteiger partial charge in [-0.2, -0.15) is 0 Å². The van der Waals surface area contributed by atoms with Crippen molar-refractivity contribution in [1.82, 2.24) is 10.2 Å². The van der Waals surface area contributed by atoms with Gasteiger partial charge in [-0.3, -0.25) is 0 Å². The lowest BCUT2D eigenvalue weighted by Crippen LogP contribution is -2.46. The van der Waals surface area contributed by atoms with Crippen LogP contribution in [0.4, 0.5) is 5.82 Å². The highest BCUT2D eigenvalue weighted by Crippen LogP contribution is 2.15. The van der Waals surface area contributed by atoms with Crippen LogP contribution in [0.2, 0.25) is 5.15 Å². The smallest absolute Gasteiger partial charge is 0.334 e. The van der Waals surface area contributed by atoms with E-state index in [-0.39, 0.29) is 6.54 Å². The van der Waals surface area contributed by atoms with Gasteiger partial charge in [0.15, 0.2) is 17.1 Å². The van der Waals surface area contributed by atoms with Gasteiger partial charge in [0.05, 0.1) is 13.2 Å². The molecule has 1 N–H and O–H groups in total. The molecule has 2 rings (SSSR count). The van der Waals surface area contributed by atoms with Crippen molar-refractivity contribution in [1.29, 1.82) is 0 Å². The van der Waals surface area contributed by atoms with Gasteiger partial charge in [-0.25, -0.2) is 4.79 Å². The standard InChI is InChI=1S/C9H10ClN3O3/c10-7-1-2-8(12-11-7)13-3-4-16-6(5-13)9(14)15/h1-2,6H,3-5H2,(H,14,15)/t6-/m1/s1. The van der Waals surface area contributed by atoms with Crippen LogP contribution in [-0.2, 0) is 9.53 Å². The second-order valence-electron chi connectivity index (χ2n) is 3.36. The van der Waals surface area contributed by atoms with E-state index in [1.54, 1.807) is 12.1 Å². The molecule has 1 aliphatic rings. The average molecular weight is 244 g/mol. The molecule has 0 amide bonds. The Morgan fingerprint density at radius 1 is 1.56 bits per heavy atom. The van der Waals surface area contributed by atoms with E-state index in [2.05, 4.69) is 10.2 Å². The maximum absolute atomic E-state index is 10.8. The van der Waals surface area contributed by atoms with Crippen molar-refractivity contribution in [3.05, 3.63) is 17.3 Å². The van der Waals surface area contributed by atoms with Crippen LogP contribution in [0.1, 0.15) is 0 Å². The van der Waals surface area contributed by atoms with Gasteiger partial charge in [0.1, 0.15) is 0 Å². The molecular weight excluding hydrogens is 234 g/mol. The van der Waals surface area contributed by atoms with Crippen molar-refractivity contribution in [2.45, 2.75) is 6.10 Å². The van der Waals surface area contributed by atoms with Gasteiger partial charge in [-0.05, 0) is 12.1 Å². The van der Waals surface area contributed by atoms with Crippen LogP contribution < -0.4 is 4.90 Å². The first-order valence-electron chi connectivity index (χ1n) is 4.75. The molecule has 0 radical (unpaired) electrons. The third-order valence-electron chi connectivity index (χ3n) is 2.28. The van der Waals surface area contributed by atoms with Crippen LogP contribution >= 0.6 is 11.6 Å². The highest BCUT2D eigenvalue weighted by Gasteiger charge is 2.26. The van der Waals surface area contributed by atoms with Gasteiger partial charge in [-0.15, -0.1) is 10.2 Å². The van der Waals surface area contributed by atoms with E-state index in [9.17, 15) is 4.79 Å². The normalized spacial score (nSPS) is 20.8. The minimum atomic E-state index is -0.966. The van der Waals surface area contributed by atoms with E-state index in [1.807, 2.05) is 4.90 Å². The number of anilines is 1. The molecular formula is C9H10ClN3O3. The summed E-state index contributed by atoms with van der Waals surface area (Å²) < 4.78 is 5.10. The number of halogens is 1. The van der Waals surface area contributed by atoms with Crippen molar-refractivity contribution < 1.29 is 14.6 Å². The Bertz CT molecular complexity index is 384. The Morgan fingerprint density at radius 3 is 3.00 bits per heavy atom. The number of nitrogens with zero attached hydrogens (tertiary/aromatic N) is 3. The summed E-state index contributed by atoms with van der Waals surface area (Å²) >= 11 is 5.62. The topological polar surface area (TPSA) is 75.5 Å². The molecule has 0 aromatic carbocycles. The second kappa shape index (κ2) is 4.63. The molecule has 1 saturated heterocycles. The molecule has 1 fully saturated rings. The van der Waals surface area contributed by atoms with E-state index in [4.69, 9.17) is 21.4 Å². The number of aliphatic carboxylic acids is 1. The lowest BCUT2D eigenvalue weighted by atomic mass is 10.2. The fraction of sp³-hybridized carbons (Fsp3) is 0.444. The lowest BCUT2D eigenvalue weighted by Gasteiger charge is -2.31. The van der Waals surface area contributed by atoms with Crippen LogP contribution in [0.5, 0.6) is 0 Å². The summed E-state index contributed by atoms with van der Waals surface area (Å²) in [6.45, 7) is 1.23. The van der Waals surface area contributed by atoms with Gasteiger partial charge < -0.3 is 14.7 Å². The quantitative estimate of drug-likeness (QED) is 0.811. The predicted molar refractivity (Wildman–Crippen MR) is 56.6 cm³/mol. The molecule has 1 aromatic rings. The van der Waals surface area contributed by atoms with E-state index >= 15 is 0 Å². The van der Waals surface area contributed by atoms with Crippen molar-refractivity contribution in [3.8, 4) is 0 Å². The zero-order chi connectivity index (χ0) is 11.5. The Hall–Kier alpha value is -1.40. The first kappa shape index (κ1) is 11.1. The highest BCUT2D eigenvalue weighted by atomic mass is 35.5. The number of carboxylic acids is 1. The van der Waals surface area contributed by atoms with Crippen LogP contribution in [0.3, 0.4) is 0 Å². The Kier molecular flexibility index (Phi) is 3.21. The Morgan fingerprint density at radius 2 is 2.38 bits per heavy atom. The zero-order valence-corrected chi connectivity index (χ0v) is 9.09. The zero-order valence-electron chi connectivity index (χ0n) is 8.34. The number of rotatable bonds is 2. The summed E-state index contributed by atoms with van der Waals surface area (Å²) in [6.07, 6.45) is -0.814. The van der Waals surface area contributed by atoms with Crippen LogP contribution in [0.15, 0.2) is 12.1 Å². The van der Waals surface area contributed by atoms with E-state index in [0.29, 0.717) is 24.1 Å². The first-order chi connectivity index (χ1) is 7.66. The molecule has 1 aliphatic heterocycles. The van der Waals surface area contributed by atoms with Gasteiger partial charge in [0, 0.05) is 6.54 Å². The molecule has 0 saturated carbocycles. The molecule has 1 atom stereocenters. The predicted octanol–water partition coefficient (Wildman–Crippen LogP) is 0.420. The van der Waals surface area contributed by atoms with Crippen molar-refractivity contribution in [3.63, 3.8) is 0 Å². The molecule has 16 heavy (non-hydrogen) atoms. The summed E-state index contributed by atoms with van der Waals surface area (Å²) in [4.78, 5) is 12.6. The fourth-order valence-corrected chi connectivity index (χ4v) is 1.59. The minimum absolute atomic E-state index is 0.269. The number of morpholine rings is 1. The third kappa shape index (κ3) is 2.40. The summed E-state index contributed by atoms with van der Waals surface area (Å²) in [6, 6.07) is 3.33. The van der Waals surface area contributed by atoms with Crippen molar-refractivity contribution in [2.24, 2.45) is 0 Å². The summed E-state index contributed by atoms with van der Waals surface area (Å²) in [5.41, 5.74) is 0. The molecule has 0 spiro atoms. The van der Waals surface area contributed by atoms with E-state index < -0.39 is 12.1 Å². The lowest BCUT2D eigenvalue weighted by molar-refractivity contribution is -0.150. The van der Waals surface area contributed by atoms with Crippen LogP contribution in [0.25, 0.3) is 0 Å². The number of aromatic nitrogens is 2. The van der Waals surface area contributed by atoms with E-state index in [1.165, 1.54) is 0 Å². The molecule has 6 nitrogen and oxygen atoms in total. The summed E-state index contributed by atoms with van der Waals surface area (Å²) in [7, 11) is 0. The molecule has 7 heteroatoms. The maximum atomic E-state index is 10.8. The number of carboxylic acid groups (broad SMARTS) is 1. The number of hydrogen-bond acceptors (Lipinski definition) is 5. The van der Waals surface area contributed by atoms with Crippen molar-refractivity contribution in [2.75, 3.05) is 24.6 Å². The van der Waals surface area contributed by atoms with Gasteiger partial charge in [0.25, 0.3) is 0 Å². The summed E-state index contributed by atoms with van der Waals surface area (Å²) in [5, 5.41) is 16.8. The average Bonchev–Trinajstić information content (AvgIpc) is 2.30. The van der Waals surface area contributed by atoms with Crippen LogP contribution in [0, 0.1) is 0 Å². The van der Waals surface area contributed by atoms with Crippen LogP contribution in [-0.4, -0.2) is 47.1 Å². The van der Waals surface area contributed by atoms with Gasteiger partial charge in [-0.1, -0.05) is 11.6 Å². The number of carbonyl (C=O) groups is 1. The number of ether oxygens (including phenoxy) is 1. The number of hydrogen-bond donors (Lipinski definition) is 1. The largest absolute Gasteiger partial charge is 0.479 e. The van der Waals surface area contributed by atoms with E-state index in [0.717, 1.165) is 0 Å². The maximum Gasteiger partial charge on any atom is 0.334 e. The Balaban J connectivity index is 2.09. The van der Waals surface area contributed by atoms with Crippen molar-refractivity contribution >= 4 is 23.4 Å². The molecule has 86 valence electrons. The highest BCUT2D eigenvalue weighted by molar-refractivity contribution is 6.29. The molecule has 0 unspecified atom stereocenters. The molecule has 0 aliphatic carbocycles. The first-order valence-corrected chi connectivity index (χ1v) is 5.13. The van der Waals surface area contributed by atoms with Gasteiger partial charge >= 0.3 is 5.97 Å². The monoisotopic (exact) mass is 243 g/mol. The molecule has 2 heterocycles. The molecule has 1 aromatic heterocycles. The molecule has 0 bridgehead atoms.